The minimum Gasteiger partial charge on any atom is -0.357 e. The molecule has 0 bridgehead atoms. The number of benzene rings is 2. The van der Waals surface area contributed by atoms with Crippen molar-refractivity contribution in [3.8, 4) is 0 Å². The van der Waals surface area contributed by atoms with Crippen LogP contribution in [0.5, 0.6) is 0 Å². The number of carbonyl (C=O) groups is 1. The first-order valence-electron chi connectivity index (χ1n) is 10.4. The van der Waals surface area contributed by atoms with Crippen molar-refractivity contribution in [1.29, 1.82) is 0 Å². The molecule has 2 aromatic carbocycles. The van der Waals surface area contributed by atoms with Crippen LogP contribution in [0.3, 0.4) is 0 Å². The zero-order valence-electron chi connectivity index (χ0n) is 18.0. The maximum Gasteiger partial charge on any atom is 0.251 e. The molecule has 1 unspecified atom stereocenters. The van der Waals surface area contributed by atoms with Gasteiger partial charge in [0.2, 0.25) is 0 Å². The second kappa shape index (κ2) is 11.2. The van der Waals surface area contributed by atoms with Crippen LogP contribution in [0.1, 0.15) is 48.3 Å². The van der Waals surface area contributed by atoms with E-state index in [1.807, 2.05) is 61.5 Å². The van der Waals surface area contributed by atoms with Crippen LogP contribution in [-0.4, -0.2) is 29.0 Å². The lowest BCUT2D eigenvalue weighted by Crippen LogP contribution is -2.26. The van der Waals surface area contributed by atoms with Gasteiger partial charge in [0, 0.05) is 30.5 Å². The highest BCUT2D eigenvalue weighted by Gasteiger charge is 2.12. The molecular weight excluding hydrogens is 428 g/mol. The predicted octanol–water partition coefficient (Wildman–Crippen LogP) is 5.76. The molecule has 0 aliphatic heterocycles. The summed E-state index contributed by atoms with van der Waals surface area (Å²) in [6, 6.07) is 19.3. The van der Waals surface area contributed by atoms with Gasteiger partial charge in [-0.1, -0.05) is 65.8 Å². The summed E-state index contributed by atoms with van der Waals surface area (Å²) in [5.74, 6) is 1.45. The Morgan fingerprint density at radius 3 is 2.39 bits per heavy atom. The third-order valence-corrected chi connectivity index (χ3v) is 6.09. The van der Waals surface area contributed by atoms with Crippen LogP contribution in [0.2, 0.25) is 5.15 Å². The minimum absolute atomic E-state index is 0.0519. The van der Waals surface area contributed by atoms with Gasteiger partial charge in [-0.05, 0) is 44.0 Å². The Morgan fingerprint density at radius 2 is 1.74 bits per heavy atom. The first kappa shape index (κ1) is 23.1. The maximum atomic E-state index is 12.6. The molecule has 0 aliphatic rings. The van der Waals surface area contributed by atoms with Gasteiger partial charge in [0.05, 0.1) is 6.04 Å². The summed E-state index contributed by atoms with van der Waals surface area (Å²) in [7, 11) is 0. The number of thioether (sulfide) groups is 1. The SMILES string of the molecule is CCN(CC)c1cc(Cl)nc(SCc2ccc(C(=O)NC(C)c3ccccc3)cc2)n1. The van der Waals surface area contributed by atoms with E-state index in [1.54, 1.807) is 6.07 Å². The molecule has 3 aromatic rings. The number of aromatic nitrogens is 2. The number of halogens is 1. The van der Waals surface area contributed by atoms with E-state index in [2.05, 4.69) is 34.0 Å². The summed E-state index contributed by atoms with van der Waals surface area (Å²) in [6.07, 6.45) is 0. The number of anilines is 1. The molecule has 0 aliphatic carbocycles. The molecule has 162 valence electrons. The molecule has 1 heterocycles. The molecule has 1 amide bonds. The quantitative estimate of drug-likeness (QED) is 0.253. The van der Waals surface area contributed by atoms with Crippen molar-refractivity contribution in [2.24, 2.45) is 0 Å². The zero-order valence-corrected chi connectivity index (χ0v) is 19.6. The Labute approximate surface area is 193 Å². The summed E-state index contributed by atoms with van der Waals surface area (Å²) >= 11 is 7.72. The smallest absolute Gasteiger partial charge is 0.251 e. The topological polar surface area (TPSA) is 58.1 Å². The van der Waals surface area contributed by atoms with Crippen LogP contribution in [0.25, 0.3) is 0 Å². The normalized spacial score (nSPS) is 11.7. The Hall–Kier alpha value is -2.57. The first-order valence-corrected chi connectivity index (χ1v) is 11.7. The summed E-state index contributed by atoms with van der Waals surface area (Å²) in [6.45, 7) is 7.88. The number of amides is 1. The zero-order chi connectivity index (χ0) is 22.2. The molecule has 0 spiro atoms. The third kappa shape index (κ3) is 6.45. The van der Waals surface area contributed by atoms with Crippen molar-refractivity contribution >= 4 is 35.1 Å². The molecular formula is C24H27ClN4OS. The van der Waals surface area contributed by atoms with Gasteiger partial charge >= 0.3 is 0 Å². The molecule has 0 saturated heterocycles. The summed E-state index contributed by atoms with van der Waals surface area (Å²) in [5.41, 5.74) is 2.81. The van der Waals surface area contributed by atoms with Crippen molar-refractivity contribution in [1.82, 2.24) is 15.3 Å². The standard InChI is InChI=1S/C24H27ClN4OS/c1-4-29(5-2)22-15-21(25)27-24(28-22)31-16-18-11-13-20(14-12-18)23(30)26-17(3)19-9-7-6-8-10-19/h6-15,17H,4-5,16H2,1-3H3,(H,26,30). The molecule has 1 N–H and O–H groups in total. The lowest BCUT2D eigenvalue weighted by molar-refractivity contribution is 0.0940. The predicted molar refractivity (Wildman–Crippen MR) is 129 cm³/mol. The first-order chi connectivity index (χ1) is 15.0. The Morgan fingerprint density at radius 1 is 1.06 bits per heavy atom. The largest absolute Gasteiger partial charge is 0.357 e. The van der Waals surface area contributed by atoms with Crippen LogP contribution in [0, 0.1) is 0 Å². The van der Waals surface area contributed by atoms with Crippen molar-refractivity contribution in [3.63, 3.8) is 0 Å². The Balaban J connectivity index is 1.60. The lowest BCUT2D eigenvalue weighted by Gasteiger charge is -2.20. The van der Waals surface area contributed by atoms with E-state index in [0.29, 0.717) is 21.6 Å². The highest BCUT2D eigenvalue weighted by molar-refractivity contribution is 7.98. The fourth-order valence-corrected chi connectivity index (χ4v) is 4.20. The Bertz CT molecular complexity index is 994. The van der Waals surface area contributed by atoms with E-state index in [4.69, 9.17) is 11.6 Å². The van der Waals surface area contributed by atoms with Gasteiger partial charge in [0.15, 0.2) is 5.16 Å². The maximum absolute atomic E-state index is 12.6. The van der Waals surface area contributed by atoms with Gasteiger partial charge in [-0.15, -0.1) is 0 Å². The monoisotopic (exact) mass is 454 g/mol. The van der Waals surface area contributed by atoms with Gasteiger partial charge in [-0.25, -0.2) is 9.97 Å². The fourth-order valence-electron chi connectivity index (χ4n) is 3.16. The van der Waals surface area contributed by atoms with Crippen molar-refractivity contribution < 1.29 is 4.79 Å². The summed E-state index contributed by atoms with van der Waals surface area (Å²) in [4.78, 5) is 23.7. The second-order valence-electron chi connectivity index (χ2n) is 7.10. The van der Waals surface area contributed by atoms with Gasteiger partial charge < -0.3 is 10.2 Å². The second-order valence-corrected chi connectivity index (χ2v) is 8.42. The van der Waals surface area contributed by atoms with E-state index in [0.717, 1.165) is 30.0 Å². The molecule has 1 aromatic heterocycles. The number of carbonyl (C=O) groups excluding carboxylic acids is 1. The lowest BCUT2D eigenvalue weighted by atomic mass is 10.1. The highest BCUT2D eigenvalue weighted by Crippen LogP contribution is 2.25. The van der Waals surface area contributed by atoms with Crippen molar-refractivity contribution in [2.75, 3.05) is 18.0 Å². The number of hydrogen-bond acceptors (Lipinski definition) is 5. The van der Waals surface area contributed by atoms with Gasteiger partial charge in [0.25, 0.3) is 5.91 Å². The molecule has 1 atom stereocenters. The molecule has 31 heavy (non-hydrogen) atoms. The van der Waals surface area contributed by atoms with Crippen LogP contribution >= 0.6 is 23.4 Å². The molecule has 0 saturated carbocycles. The van der Waals surface area contributed by atoms with Gasteiger partial charge in [-0.2, -0.15) is 0 Å². The van der Waals surface area contributed by atoms with Gasteiger partial charge in [0.1, 0.15) is 11.0 Å². The van der Waals surface area contributed by atoms with E-state index in [1.165, 1.54) is 11.8 Å². The van der Waals surface area contributed by atoms with Crippen LogP contribution in [0.4, 0.5) is 5.82 Å². The number of hydrogen-bond donors (Lipinski definition) is 1. The molecule has 0 radical (unpaired) electrons. The third-order valence-electron chi connectivity index (χ3n) is 4.98. The fraction of sp³-hybridized carbons (Fsp3) is 0.292. The number of nitrogens with one attached hydrogen (secondary N) is 1. The van der Waals surface area contributed by atoms with Crippen LogP contribution in [-0.2, 0) is 5.75 Å². The molecule has 5 nitrogen and oxygen atoms in total. The average molecular weight is 455 g/mol. The average Bonchev–Trinajstić information content (AvgIpc) is 2.79. The number of rotatable bonds is 9. The summed E-state index contributed by atoms with van der Waals surface area (Å²) in [5, 5.41) is 4.13. The van der Waals surface area contributed by atoms with Crippen molar-refractivity contribution in [2.45, 2.75) is 37.7 Å². The summed E-state index contributed by atoms with van der Waals surface area (Å²) < 4.78 is 0. The highest BCUT2D eigenvalue weighted by atomic mass is 35.5. The molecule has 3 rings (SSSR count). The van der Waals surface area contributed by atoms with E-state index < -0.39 is 0 Å². The molecule has 7 heteroatoms. The van der Waals surface area contributed by atoms with Crippen LogP contribution in [0.15, 0.2) is 65.8 Å². The van der Waals surface area contributed by atoms with Gasteiger partial charge in [-0.3, -0.25) is 4.79 Å². The van der Waals surface area contributed by atoms with E-state index in [9.17, 15) is 4.79 Å². The van der Waals surface area contributed by atoms with E-state index >= 15 is 0 Å². The van der Waals surface area contributed by atoms with Crippen molar-refractivity contribution in [3.05, 3.63) is 82.5 Å². The number of nitrogens with zero attached hydrogens (tertiary/aromatic N) is 3. The molecule has 0 fully saturated rings. The minimum atomic E-state index is -0.0856. The van der Waals surface area contributed by atoms with E-state index in [-0.39, 0.29) is 11.9 Å². The Kier molecular flexibility index (Phi) is 8.32. The van der Waals surface area contributed by atoms with Crippen LogP contribution < -0.4 is 10.2 Å².